The van der Waals surface area contributed by atoms with Gasteiger partial charge < -0.3 is 20.6 Å². The standard InChI is InChI=1S/C13H25N3O3/c1-10(5-6-12(17)18)14-13(19)15-11(2)9-16-7-3-4-8-16/h10-11H,3-9H2,1-2H3,(H,17,18)(H2,14,15,19). The van der Waals surface area contributed by atoms with Gasteiger partial charge >= 0.3 is 12.0 Å². The van der Waals surface area contributed by atoms with Gasteiger partial charge in [-0.3, -0.25) is 4.79 Å². The monoisotopic (exact) mass is 271 g/mol. The smallest absolute Gasteiger partial charge is 0.315 e. The first-order chi connectivity index (χ1) is 8.97. The number of amides is 2. The summed E-state index contributed by atoms with van der Waals surface area (Å²) in [4.78, 5) is 24.5. The van der Waals surface area contributed by atoms with Gasteiger partial charge in [-0.15, -0.1) is 0 Å². The van der Waals surface area contributed by atoms with Gasteiger partial charge in [-0.05, 0) is 46.2 Å². The van der Waals surface area contributed by atoms with Crippen LogP contribution in [0.4, 0.5) is 4.79 Å². The minimum Gasteiger partial charge on any atom is -0.481 e. The molecule has 0 aromatic carbocycles. The van der Waals surface area contributed by atoms with E-state index in [9.17, 15) is 9.59 Å². The summed E-state index contributed by atoms with van der Waals surface area (Å²) in [5.74, 6) is -0.837. The van der Waals surface area contributed by atoms with Crippen LogP contribution in [0.1, 0.15) is 39.5 Å². The lowest BCUT2D eigenvalue weighted by Crippen LogP contribution is -2.48. The van der Waals surface area contributed by atoms with E-state index in [-0.39, 0.29) is 24.5 Å². The van der Waals surface area contributed by atoms with Gasteiger partial charge in [0, 0.05) is 25.0 Å². The molecule has 0 aliphatic carbocycles. The van der Waals surface area contributed by atoms with Crippen LogP contribution >= 0.6 is 0 Å². The highest BCUT2D eigenvalue weighted by molar-refractivity contribution is 5.74. The summed E-state index contributed by atoms with van der Waals surface area (Å²) < 4.78 is 0. The molecule has 0 radical (unpaired) electrons. The van der Waals surface area contributed by atoms with E-state index in [2.05, 4.69) is 15.5 Å². The molecular weight excluding hydrogens is 246 g/mol. The topological polar surface area (TPSA) is 81.7 Å². The van der Waals surface area contributed by atoms with Gasteiger partial charge in [0.05, 0.1) is 0 Å². The Morgan fingerprint density at radius 2 is 1.74 bits per heavy atom. The van der Waals surface area contributed by atoms with E-state index >= 15 is 0 Å². The van der Waals surface area contributed by atoms with E-state index in [0.717, 1.165) is 19.6 Å². The summed E-state index contributed by atoms with van der Waals surface area (Å²) in [6.07, 6.45) is 3.00. The molecule has 1 rings (SSSR count). The van der Waals surface area contributed by atoms with Crippen molar-refractivity contribution < 1.29 is 14.7 Å². The second kappa shape index (κ2) is 7.99. The Labute approximate surface area is 114 Å². The molecule has 110 valence electrons. The largest absolute Gasteiger partial charge is 0.481 e. The van der Waals surface area contributed by atoms with Crippen LogP contribution in [-0.4, -0.2) is 53.7 Å². The van der Waals surface area contributed by atoms with Gasteiger partial charge in [-0.2, -0.15) is 0 Å². The lowest BCUT2D eigenvalue weighted by molar-refractivity contribution is -0.137. The zero-order valence-electron chi connectivity index (χ0n) is 11.8. The summed E-state index contributed by atoms with van der Waals surface area (Å²) in [6, 6.07) is -0.246. The second-order valence-electron chi connectivity index (χ2n) is 5.36. The third kappa shape index (κ3) is 7.00. The first-order valence-corrected chi connectivity index (χ1v) is 6.98. The number of carboxylic acid groups (broad SMARTS) is 1. The predicted octanol–water partition coefficient (Wildman–Crippen LogP) is 1.02. The van der Waals surface area contributed by atoms with Crippen LogP contribution in [0.3, 0.4) is 0 Å². The summed E-state index contributed by atoms with van der Waals surface area (Å²) in [7, 11) is 0. The van der Waals surface area contributed by atoms with Crippen molar-refractivity contribution >= 4 is 12.0 Å². The summed E-state index contributed by atoms with van der Waals surface area (Å²) in [5, 5.41) is 14.2. The third-order valence-corrected chi connectivity index (χ3v) is 3.28. The number of carboxylic acids is 1. The van der Waals surface area contributed by atoms with Crippen molar-refractivity contribution in [3.05, 3.63) is 0 Å². The van der Waals surface area contributed by atoms with E-state index in [0.29, 0.717) is 6.42 Å². The highest BCUT2D eigenvalue weighted by atomic mass is 16.4. The summed E-state index contributed by atoms with van der Waals surface area (Å²) >= 11 is 0. The molecule has 2 unspecified atom stereocenters. The van der Waals surface area contributed by atoms with Crippen LogP contribution in [0, 0.1) is 0 Å². The van der Waals surface area contributed by atoms with Crippen molar-refractivity contribution in [1.29, 1.82) is 0 Å². The Balaban J connectivity index is 2.16. The Bertz CT molecular complexity index is 304. The SMILES string of the molecule is CC(CCC(=O)O)NC(=O)NC(C)CN1CCCC1. The molecule has 3 N–H and O–H groups in total. The summed E-state index contributed by atoms with van der Waals surface area (Å²) in [5.41, 5.74) is 0. The fraction of sp³-hybridized carbons (Fsp3) is 0.846. The van der Waals surface area contributed by atoms with E-state index in [1.807, 2.05) is 13.8 Å². The second-order valence-corrected chi connectivity index (χ2v) is 5.36. The number of nitrogens with one attached hydrogen (secondary N) is 2. The molecule has 0 aromatic heterocycles. The fourth-order valence-electron chi connectivity index (χ4n) is 2.30. The van der Waals surface area contributed by atoms with Crippen LogP contribution in [-0.2, 0) is 4.79 Å². The van der Waals surface area contributed by atoms with Gasteiger partial charge in [-0.25, -0.2) is 4.79 Å². The number of aliphatic carboxylic acids is 1. The van der Waals surface area contributed by atoms with Crippen molar-refractivity contribution in [3.8, 4) is 0 Å². The number of carbonyl (C=O) groups is 2. The molecule has 1 heterocycles. The molecule has 19 heavy (non-hydrogen) atoms. The minimum absolute atomic E-state index is 0.0742. The molecule has 1 aliphatic rings. The van der Waals surface area contributed by atoms with Gasteiger partial charge in [0.25, 0.3) is 0 Å². The van der Waals surface area contributed by atoms with E-state index < -0.39 is 5.97 Å². The number of rotatable bonds is 7. The van der Waals surface area contributed by atoms with Crippen molar-refractivity contribution in [2.75, 3.05) is 19.6 Å². The highest BCUT2D eigenvalue weighted by Crippen LogP contribution is 2.07. The number of hydrogen-bond acceptors (Lipinski definition) is 3. The molecule has 2 amide bonds. The molecule has 0 spiro atoms. The van der Waals surface area contributed by atoms with Crippen molar-refractivity contribution in [2.24, 2.45) is 0 Å². The quantitative estimate of drug-likeness (QED) is 0.646. The molecule has 1 aliphatic heterocycles. The Morgan fingerprint density at radius 1 is 1.16 bits per heavy atom. The average molecular weight is 271 g/mol. The minimum atomic E-state index is -0.837. The normalized spacial score (nSPS) is 18.8. The zero-order valence-corrected chi connectivity index (χ0v) is 11.8. The maximum atomic E-state index is 11.7. The Hall–Kier alpha value is -1.30. The lowest BCUT2D eigenvalue weighted by Gasteiger charge is -2.22. The molecule has 6 nitrogen and oxygen atoms in total. The van der Waals surface area contributed by atoms with Gasteiger partial charge in [-0.1, -0.05) is 0 Å². The molecular formula is C13H25N3O3. The zero-order chi connectivity index (χ0) is 14.3. The first kappa shape index (κ1) is 15.8. The first-order valence-electron chi connectivity index (χ1n) is 6.98. The van der Waals surface area contributed by atoms with Crippen molar-refractivity contribution in [2.45, 2.75) is 51.6 Å². The average Bonchev–Trinajstić information content (AvgIpc) is 2.78. The van der Waals surface area contributed by atoms with E-state index in [1.165, 1.54) is 12.8 Å². The Kier molecular flexibility index (Phi) is 6.62. The maximum absolute atomic E-state index is 11.7. The van der Waals surface area contributed by atoms with Gasteiger partial charge in [0.15, 0.2) is 0 Å². The molecule has 0 bridgehead atoms. The highest BCUT2D eigenvalue weighted by Gasteiger charge is 2.16. The molecule has 1 fully saturated rings. The van der Waals surface area contributed by atoms with Crippen LogP contribution in [0.15, 0.2) is 0 Å². The number of hydrogen-bond donors (Lipinski definition) is 3. The third-order valence-electron chi connectivity index (χ3n) is 3.28. The van der Waals surface area contributed by atoms with Crippen LogP contribution < -0.4 is 10.6 Å². The number of nitrogens with zero attached hydrogens (tertiary/aromatic N) is 1. The van der Waals surface area contributed by atoms with Crippen molar-refractivity contribution in [3.63, 3.8) is 0 Å². The fourth-order valence-corrected chi connectivity index (χ4v) is 2.30. The van der Waals surface area contributed by atoms with Crippen LogP contribution in [0.25, 0.3) is 0 Å². The molecule has 2 atom stereocenters. The Morgan fingerprint density at radius 3 is 2.32 bits per heavy atom. The molecule has 6 heteroatoms. The van der Waals surface area contributed by atoms with Gasteiger partial charge in [0.2, 0.25) is 0 Å². The molecule has 0 aromatic rings. The lowest BCUT2D eigenvalue weighted by atomic mass is 10.2. The molecule has 0 saturated carbocycles. The number of urea groups is 1. The predicted molar refractivity (Wildman–Crippen MR) is 73.1 cm³/mol. The van der Waals surface area contributed by atoms with Gasteiger partial charge in [0.1, 0.15) is 0 Å². The van der Waals surface area contributed by atoms with E-state index in [4.69, 9.17) is 5.11 Å². The van der Waals surface area contributed by atoms with Crippen molar-refractivity contribution in [1.82, 2.24) is 15.5 Å². The molecule has 1 saturated heterocycles. The number of carbonyl (C=O) groups excluding carboxylic acids is 1. The van der Waals surface area contributed by atoms with E-state index in [1.54, 1.807) is 0 Å². The summed E-state index contributed by atoms with van der Waals surface area (Å²) in [6.45, 7) is 6.90. The maximum Gasteiger partial charge on any atom is 0.315 e. The van der Waals surface area contributed by atoms with Crippen LogP contribution in [0.2, 0.25) is 0 Å². The number of likely N-dealkylation sites (tertiary alicyclic amines) is 1. The van der Waals surface area contributed by atoms with Crippen LogP contribution in [0.5, 0.6) is 0 Å².